The van der Waals surface area contributed by atoms with E-state index in [1.54, 1.807) is 6.07 Å². The van der Waals surface area contributed by atoms with Crippen LogP contribution in [0.4, 0.5) is 10.1 Å². The Morgan fingerprint density at radius 2 is 1.80 bits per heavy atom. The molecule has 0 heterocycles. The number of amides is 1. The first-order valence-corrected chi connectivity index (χ1v) is 11.9. The van der Waals surface area contributed by atoms with E-state index in [4.69, 9.17) is 4.74 Å². The minimum atomic E-state index is -3.56. The number of halogens is 1. The van der Waals surface area contributed by atoms with Crippen molar-refractivity contribution < 1.29 is 22.3 Å². The van der Waals surface area contributed by atoms with E-state index in [-0.39, 0.29) is 24.7 Å². The lowest BCUT2D eigenvalue weighted by Gasteiger charge is -2.22. The zero-order valence-corrected chi connectivity index (χ0v) is 17.8. The summed E-state index contributed by atoms with van der Waals surface area (Å²) in [4.78, 5) is 12.0. The second-order valence-corrected chi connectivity index (χ2v) is 9.41. The highest BCUT2D eigenvalue weighted by atomic mass is 32.2. The lowest BCUT2D eigenvalue weighted by Crippen LogP contribution is -2.28. The van der Waals surface area contributed by atoms with Crippen LogP contribution < -0.4 is 14.8 Å². The molecule has 0 aromatic heterocycles. The van der Waals surface area contributed by atoms with E-state index in [9.17, 15) is 17.6 Å². The number of carbonyl (C=O) groups excluding carboxylic acids is 1. The molecule has 0 unspecified atom stereocenters. The van der Waals surface area contributed by atoms with E-state index < -0.39 is 15.8 Å². The smallest absolute Gasteiger partial charge is 0.258 e. The summed E-state index contributed by atoms with van der Waals surface area (Å²) in [7, 11) is -3.56. The van der Waals surface area contributed by atoms with Gasteiger partial charge in [0.05, 0.1) is 11.9 Å². The highest BCUT2D eigenvalue weighted by molar-refractivity contribution is 7.92. The van der Waals surface area contributed by atoms with Crippen LogP contribution in [-0.2, 0) is 21.4 Å². The quantitative estimate of drug-likeness (QED) is 0.659. The number of hydrogen-bond donors (Lipinski definition) is 2. The second-order valence-electron chi connectivity index (χ2n) is 7.66. The number of rotatable bonds is 8. The van der Waals surface area contributed by atoms with Gasteiger partial charge in [-0.3, -0.25) is 9.52 Å². The Bertz CT molecular complexity index is 971. The Hall–Kier alpha value is -2.61. The van der Waals surface area contributed by atoms with Crippen molar-refractivity contribution >= 4 is 21.6 Å². The van der Waals surface area contributed by atoms with Gasteiger partial charge in [-0.05, 0) is 54.2 Å². The van der Waals surface area contributed by atoms with Crippen LogP contribution in [0.5, 0.6) is 5.75 Å². The highest BCUT2D eigenvalue weighted by Crippen LogP contribution is 2.33. The molecular formula is C22H27FN2O4S. The first-order chi connectivity index (χ1) is 14.3. The van der Waals surface area contributed by atoms with Gasteiger partial charge in [0.15, 0.2) is 6.61 Å². The SMILES string of the molecule is CS(=O)(=O)Nc1ccc(CNC(=O)COc2ccc(C3CCCCC3)cc2)cc1F. The van der Waals surface area contributed by atoms with E-state index >= 15 is 0 Å². The monoisotopic (exact) mass is 434 g/mol. The first kappa shape index (κ1) is 22.1. The third-order valence-corrected chi connectivity index (χ3v) is 5.74. The number of ether oxygens (including phenoxy) is 1. The molecule has 0 spiro atoms. The van der Waals surface area contributed by atoms with Gasteiger partial charge in [0.2, 0.25) is 10.0 Å². The predicted molar refractivity (Wildman–Crippen MR) is 114 cm³/mol. The minimum absolute atomic E-state index is 0.110. The van der Waals surface area contributed by atoms with Crippen LogP contribution in [0.25, 0.3) is 0 Å². The van der Waals surface area contributed by atoms with Gasteiger partial charge in [-0.25, -0.2) is 12.8 Å². The molecule has 6 nitrogen and oxygen atoms in total. The Morgan fingerprint density at radius 1 is 1.10 bits per heavy atom. The van der Waals surface area contributed by atoms with Crippen molar-refractivity contribution in [1.82, 2.24) is 5.32 Å². The third kappa shape index (κ3) is 6.73. The van der Waals surface area contributed by atoms with Crippen LogP contribution in [0.3, 0.4) is 0 Å². The molecule has 2 N–H and O–H groups in total. The number of nitrogens with one attached hydrogen (secondary N) is 2. The summed E-state index contributed by atoms with van der Waals surface area (Å²) >= 11 is 0. The van der Waals surface area contributed by atoms with Gasteiger partial charge in [0, 0.05) is 6.54 Å². The molecule has 0 aliphatic heterocycles. The molecule has 0 saturated heterocycles. The van der Waals surface area contributed by atoms with Gasteiger partial charge in [0.1, 0.15) is 11.6 Å². The Kier molecular flexibility index (Phi) is 7.31. The number of hydrogen-bond acceptors (Lipinski definition) is 4. The van der Waals surface area contributed by atoms with Crippen molar-refractivity contribution in [2.75, 3.05) is 17.6 Å². The zero-order valence-electron chi connectivity index (χ0n) is 17.0. The molecule has 0 atom stereocenters. The van der Waals surface area contributed by atoms with Crippen LogP contribution in [0.15, 0.2) is 42.5 Å². The minimum Gasteiger partial charge on any atom is -0.484 e. The van der Waals surface area contributed by atoms with Gasteiger partial charge in [-0.1, -0.05) is 37.5 Å². The van der Waals surface area contributed by atoms with Gasteiger partial charge in [0.25, 0.3) is 5.91 Å². The molecule has 2 aromatic carbocycles. The largest absolute Gasteiger partial charge is 0.484 e. The summed E-state index contributed by atoms with van der Waals surface area (Å²) in [5.74, 6) is 0.217. The Morgan fingerprint density at radius 3 is 2.43 bits per heavy atom. The summed E-state index contributed by atoms with van der Waals surface area (Å²) < 4.78 is 44.0. The van der Waals surface area contributed by atoms with E-state index in [1.807, 2.05) is 12.1 Å². The van der Waals surface area contributed by atoms with Crippen LogP contribution in [0.2, 0.25) is 0 Å². The molecule has 1 amide bonds. The van der Waals surface area contributed by atoms with E-state index in [2.05, 4.69) is 22.2 Å². The summed E-state index contributed by atoms with van der Waals surface area (Å²) in [6.45, 7) is -0.0299. The molecule has 8 heteroatoms. The normalized spacial score (nSPS) is 14.9. The average Bonchev–Trinajstić information content (AvgIpc) is 2.72. The number of anilines is 1. The lowest BCUT2D eigenvalue weighted by molar-refractivity contribution is -0.123. The summed E-state index contributed by atoms with van der Waals surface area (Å²) in [6, 6.07) is 12.0. The van der Waals surface area contributed by atoms with Crippen LogP contribution in [0.1, 0.15) is 49.1 Å². The Labute approximate surface area is 176 Å². The molecule has 1 aliphatic rings. The van der Waals surface area contributed by atoms with E-state index in [0.717, 1.165) is 6.26 Å². The van der Waals surface area contributed by atoms with Crippen molar-refractivity contribution in [1.29, 1.82) is 0 Å². The maximum Gasteiger partial charge on any atom is 0.258 e. The molecule has 1 saturated carbocycles. The standard InChI is InChI=1S/C22H27FN2O4S/c1-30(27,28)25-21-12-7-16(13-20(21)23)14-24-22(26)15-29-19-10-8-18(9-11-19)17-5-3-2-4-6-17/h7-13,17,25H,2-6,14-15H2,1H3,(H,24,26). The van der Waals surface area contributed by atoms with Crippen LogP contribution in [-0.4, -0.2) is 27.2 Å². The van der Waals surface area contributed by atoms with Crippen molar-refractivity contribution in [3.05, 3.63) is 59.4 Å². The second kappa shape index (κ2) is 9.93. The van der Waals surface area contributed by atoms with Gasteiger partial charge in [-0.15, -0.1) is 0 Å². The summed E-state index contributed by atoms with van der Waals surface area (Å²) in [5.41, 5.74) is 1.70. The predicted octanol–water partition coefficient (Wildman–Crippen LogP) is 3.94. The van der Waals surface area contributed by atoms with Gasteiger partial charge < -0.3 is 10.1 Å². The average molecular weight is 435 g/mol. The number of benzene rings is 2. The molecule has 0 radical (unpaired) electrons. The fourth-order valence-corrected chi connectivity index (χ4v) is 4.19. The van der Waals surface area contributed by atoms with E-state index in [1.165, 1.54) is 49.8 Å². The summed E-state index contributed by atoms with van der Waals surface area (Å²) in [5, 5.41) is 2.66. The molecule has 2 aromatic rings. The van der Waals surface area contributed by atoms with Gasteiger partial charge in [-0.2, -0.15) is 0 Å². The van der Waals surface area contributed by atoms with Crippen molar-refractivity contribution in [3.63, 3.8) is 0 Å². The number of sulfonamides is 1. The fraction of sp³-hybridized carbons (Fsp3) is 0.409. The Balaban J connectivity index is 1.45. The topological polar surface area (TPSA) is 84.5 Å². The lowest BCUT2D eigenvalue weighted by atomic mass is 9.84. The molecule has 30 heavy (non-hydrogen) atoms. The van der Waals surface area contributed by atoms with Crippen molar-refractivity contribution in [3.8, 4) is 5.75 Å². The molecule has 1 aliphatic carbocycles. The fourth-order valence-electron chi connectivity index (χ4n) is 3.62. The third-order valence-electron chi connectivity index (χ3n) is 5.15. The summed E-state index contributed by atoms with van der Waals surface area (Å²) in [6.07, 6.45) is 7.29. The van der Waals surface area contributed by atoms with Crippen molar-refractivity contribution in [2.24, 2.45) is 0 Å². The van der Waals surface area contributed by atoms with Crippen LogP contribution in [0, 0.1) is 5.82 Å². The zero-order chi connectivity index (χ0) is 21.6. The molecule has 0 bridgehead atoms. The molecule has 162 valence electrons. The highest BCUT2D eigenvalue weighted by Gasteiger charge is 2.15. The molecular weight excluding hydrogens is 407 g/mol. The van der Waals surface area contributed by atoms with Gasteiger partial charge >= 0.3 is 0 Å². The number of carbonyl (C=O) groups is 1. The van der Waals surface area contributed by atoms with Crippen LogP contribution >= 0.6 is 0 Å². The van der Waals surface area contributed by atoms with E-state index in [0.29, 0.717) is 17.2 Å². The van der Waals surface area contributed by atoms with Crippen molar-refractivity contribution in [2.45, 2.75) is 44.6 Å². The maximum atomic E-state index is 14.0. The molecule has 3 rings (SSSR count). The molecule has 1 fully saturated rings. The maximum absolute atomic E-state index is 14.0. The first-order valence-electron chi connectivity index (χ1n) is 10.1.